The SMILES string of the molecule is O=C(/C=C/c1cc(Cl)ccc1-n1cnnn1)N[C@@H](Cc1ccccc1)C(=O)Nc1ccc2c(c1)CCNC2. The van der Waals surface area contributed by atoms with Crippen LogP contribution in [-0.2, 0) is 29.0 Å². The molecule has 0 radical (unpaired) electrons. The van der Waals surface area contributed by atoms with Crippen LogP contribution in [0.15, 0.2) is 79.1 Å². The van der Waals surface area contributed by atoms with Gasteiger partial charge in [-0.2, -0.15) is 4.68 Å². The van der Waals surface area contributed by atoms with Gasteiger partial charge in [-0.15, -0.1) is 5.10 Å². The molecule has 0 saturated heterocycles. The number of hydrogen-bond donors (Lipinski definition) is 3. The van der Waals surface area contributed by atoms with Crippen molar-refractivity contribution in [2.75, 3.05) is 11.9 Å². The topological polar surface area (TPSA) is 114 Å². The quantitative estimate of drug-likeness (QED) is 0.303. The predicted molar refractivity (Wildman–Crippen MR) is 146 cm³/mol. The highest BCUT2D eigenvalue weighted by Crippen LogP contribution is 2.21. The molecular formula is C28H26ClN7O2. The number of hydrogen-bond acceptors (Lipinski definition) is 6. The fourth-order valence-corrected chi connectivity index (χ4v) is 4.55. The van der Waals surface area contributed by atoms with E-state index in [-0.39, 0.29) is 5.91 Å². The molecule has 0 saturated carbocycles. The van der Waals surface area contributed by atoms with Crippen LogP contribution in [0, 0.1) is 0 Å². The number of nitrogens with zero attached hydrogens (tertiary/aromatic N) is 4. The van der Waals surface area contributed by atoms with E-state index in [9.17, 15) is 9.59 Å². The summed E-state index contributed by atoms with van der Waals surface area (Å²) in [4.78, 5) is 26.3. The molecule has 2 heterocycles. The number of halogens is 1. The van der Waals surface area contributed by atoms with Crippen molar-refractivity contribution in [1.29, 1.82) is 0 Å². The second-order valence-electron chi connectivity index (χ2n) is 8.94. The summed E-state index contributed by atoms with van der Waals surface area (Å²) < 4.78 is 1.48. The summed E-state index contributed by atoms with van der Waals surface area (Å²) >= 11 is 6.18. The van der Waals surface area contributed by atoms with E-state index in [1.54, 1.807) is 24.3 Å². The lowest BCUT2D eigenvalue weighted by Gasteiger charge is -2.20. The molecule has 10 heteroatoms. The molecule has 0 spiro atoms. The number of carbonyl (C=O) groups excluding carboxylic acids is 2. The van der Waals surface area contributed by atoms with Crippen LogP contribution in [0.3, 0.4) is 0 Å². The summed E-state index contributed by atoms with van der Waals surface area (Å²) in [6.07, 6.45) is 5.69. The summed E-state index contributed by atoms with van der Waals surface area (Å²) in [5.41, 5.74) is 5.40. The van der Waals surface area contributed by atoms with E-state index in [1.807, 2.05) is 48.5 Å². The first kappa shape index (κ1) is 25.3. The van der Waals surface area contributed by atoms with Gasteiger partial charge < -0.3 is 16.0 Å². The number of fused-ring (bicyclic) bond motifs is 1. The van der Waals surface area contributed by atoms with Crippen LogP contribution < -0.4 is 16.0 Å². The van der Waals surface area contributed by atoms with Crippen LogP contribution in [0.5, 0.6) is 0 Å². The van der Waals surface area contributed by atoms with Crippen LogP contribution in [0.4, 0.5) is 5.69 Å². The van der Waals surface area contributed by atoms with E-state index in [0.717, 1.165) is 25.1 Å². The standard InChI is InChI=1S/C28H26ClN7O2/c29-23-8-10-26(36-18-31-34-35-36)21(15-23)7-11-27(37)33-25(14-19-4-2-1-3-5-19)28(38)32-24-9-6-22-17-30-13-12-20(22)16-24/h1-11,15-16,18,25,30H,12-14,17H2,(H,32,38)(H,33,37)/b11-7+/t25-/m0/s1. The molecule has 1 atom stereocenters. The lowest BCUT2D eigenvalue weighted by atomic mass is 10.00. The Morgan fingerprint density at radius 2 is 1.95 bits per heavy atom. The zero-order chi connectivity index (χ0) is 26.3. The maximum atomic E-state index is 13.3. The smallest absolute Gasteiger partial charge is 0.247 e. The van der Waals surface area contributed by atoms with Gasteiger partial charge in [-0.05, 0) is 76.5 Å². The zero-order valence-electron chi connectivity index (χ0n) is 20.5. The van der Waals surface area contributed by atoms with Crippen molar-refractivity contribution in [3.63, 3.8) is 0 Å². The van der Waals surface area contributed by atoms with E-state index in [1.165, 1.54) is 28.2 Å². The summed E-state index contributed by atoms with van der Waals surface area (Å²) in [5.74, 6) is -0.707. The Labute approximate surface area is 224 Å². The van der Waals surface area contributed by atoms with Gasteiger partial charge in [0, 0.05) is 35.3 Å². The van der Waals surface area contributed by atoms with Crippen molar-refractivity contribution in [2.24, 2.45) is 0 Å². The molecule has 192 valence electrons. The van der Waals surface area contributed by atoms with Gasteiger partial charge in [0.2, 0.25) is 11.8 Å². The molecular weight excluding hydrogens is 502 g/mol. The highest BCUT2D eigenvalue weighted by Gasteiger charge is 2.21. The lowest BCUT2D eigenvalue weighted by Crippen LogP contribution is -2.44. The normalized spacial score (nSPS) is 13.6. The van der Waals surface area contributed by atoms with E-state index in [0.29, 0.717) is 28.4 Å². The summed E-state index contributed by atoms with van der Waals surface area (Å²) in [7, 11) is 0. The number of nitrogens with one attached hydrogen (secondary N) is 3. The monoisotopic (exact) mass is 527 g/mol. The number of anilines is 1. The molecule has 1 aliphatic rings. The number of benzene rings is 3. The third-order valence-corrected chi connectivity index (χ3v) is 6.51. The minimum Gasteiger partial charge on any atom is -0.340 e. The van der Waals surface area contributed by atoms with Gasteiger partial charge in [0.1, 0.15) is 12.4 Å². The number of tetrazole rings is 1. The summed E-state index contributed by atoms with van der Waals surface area (Å²) in [5, 5.41) is 20.9. The minimum atomic E-state index is -0.786. The second kappa shape index (κ2) is 11.8. The molecule has 1 aromatic heterocycles. The van der Waals surface area contributed by atoms with E-state index >= 15 is 0 Å². The third-order valence-electron chi connectivity index (χ3n) is 6.28. The summed E-state index contributed by atoms with van der Waals surface area (Å²) in [6.45, 7) is 1.73. The average Bonchev–Trinajstić information content (AvgIpc) is 3.47. The highest BCUT2D eigenvalue weighted by molar-refractivity contribution is 6.30. The van der Waals surface area contributed by atoms with Crippen molar-refractivity contribution in [3.8, 4) is 5.69 Å². The molecule has 9 nitrogen and oxygen atoms in total. The largest absolute Gasteiger partial charge is 0.340 e. The molecule has 3 aromatic carbocycles. The fraction of sp³-hybridized carbons (Fsp3) is 0.179. The number of carbonyl (C=O) groups is 2. The third kappa shape index (κ3) is 6.31. The maximum Gasteiger partial charge on any atom is 0.247 e. The lowest BCUT2D eigenvalue weighted by molar-refractivity contribution is -0.123. The van der Waals surface area contributed by atoms with Crippen LogP contribution in [0.2, 0.25) is 5.02 Å². The summed E-state index contributed by atoms with van der Waals surface area (Å²) in [6, 6.07) is 19.9. The molecule has 38 heavy (non-hydrogen) atoms. The molecule has 2 amide bonds. The first-order chi connectivity index (χ1) is 18.5. The Morgan fingerprint density at radius 3 is 2.76 bits per heavy atom. The average molecular weight is 528 g/mol. The fourth-order valence-electron chi connectivity index (χ4n) is 4.37. The van der Waals surface area contributed by atoms with E-state index < -0.39 is 11.9 Å². The van der Waals surface area contributed by atoms with Crippen LogP contribution >= 0.6 is 11.6 Å². The number of rotatable bonds is 8. The molecule has 4 aromatic rings. The van der Waals surface area contributed by atoms with Gasteiger partial charge in [-0.1, -0.05) is 48.0 Å². The van der Waals surface area contributed by atoms with Crippen molar-refractivity contribution in [2.45, 2.75) is 25.4 Å². The Bertz CT molecular complexity index is 1460. The van der Waals surface area contributed by atoms with E-state index in [2.05, 4.69) is 31.5 Å². The first-order valence-electron chi connectivity index (χ1n) is 12.2. The first-order valence-corrected chi connectivity index (χ1v) is 12.6. The van der Waals surface area contributed by atoms with Gasteiger partial charge in [-0.3, -0.25) is 9.59 Å². The minimum absolute atomic E-state index is 0.290. The molecule has 0 unspecified atom stereocenters. The molecule has 0 aliphatic carbocycles. The van der Waals surface area contributed by atoms with Crippen LogP contribution in [0.25, 0.3) is 11.8 Å². The van der Waals surface area contributed by atoms with Crippen molar-refractivity contribution >= 4 is 35.2 Å². The number of aromatic nitrogens is 4. The van der Waals surface area contributed by atoms with Gasteiger partial charge in [0.05, 0.1) is 5.69 Å². The zero-order valence-corrected chi connectivity index (χ0v) is 21.2. The maximum absolute atomic E-state index is 13.3. The molecule has 0 fully saturated rings. The van der Waals surface area contributed by atoms with Gasteiger partial charge >= 0.3 is 0 Å². The van der Waals surface area contributed by atoms with Crippen molar-refractivity contribution in [1.82, 2.24) is 30.8 Å². The van der Waals surface area contributed by atoms with Crippen molar-refractivity contribution in [3.05, 3.63) is 106 Å². The van der Waals surface area contributed by atoms with Gasteiger partial charge in [0.25, 0.3) is 0 Å². The Hall–Kier alpha value is -4.34. The van der Waals surface area contributed by atoms with Crippen LogP contribution in [0.1, 0.15) is 22.3 Å². The number of amides is 2. The Kier molecular flexibility index (Phi) is 7.86. The molecule has 1 aliphatic heterocycles. The predicted octanol–water partition coefficient (Wildman–Crippen LogP) is 3.34. The van der Waals surface area contributed by atoms with Crippen molar-refractivity contribution < 1.29 is 9.59 Å². The molecule has 5 rings (SSSR count). The highest BCUT2D eigenvalue weighted by atomic mass is 35.5. The molecule has 3 N–H and O–H groups in total. The van der Waals surface area contributed by atoms with Gasteiger partial charge in [0.15, 0.2) is 0 Å². The Morgan fingerprint density at radius 1 is 1.08 bits per heavy atom. The molecule has 0 bridgehead atoms. The van der Waals surface area contributed by atoms with Gasteiger partial charge in [-0.25, -0.2) is 0 Å². The van der Waals surface area contributed by atoms with E-state index in [4.69, 9.17) is 11.6 Å². The second-order valence-corrected chi connectivity index (χ2v) is 9.38. The van der Waals surface area contributed by atoms with Crippen LogP contribution in [-0.4, -0.2) is 44.6 Å². The Balaban J connectivity index is 1.33.